The molecule has 0 aliphatic carbocycles. The van der Waals surface area contributed by atoms with Gasteiger partial charge in [-0.15, -0.1) is 0 Å². The van der Waals surface area contributed by atoms with Crippen LogP contribution in [0, 0.1) is 5.82 Å². The van der Waals surface area contributed by atoms with Gasteiger partial charge < -0.3 is 24.6 Å². The van der Waals surface area contributed by atoms with Crippen molar-refractivity contribution in [1.82, 2.24) is 9.88 Å². The molecule has 1 aromatic carbocycles. The van der Waals surface area contributed by atoms with Crippen LogP contribution in [-0.2, 0) is 16.0 Å². The largest absolute Gasteiger partial charge is 0.376 e. The third kappa shape index (κ3) is 5.75. The first-order valence-corrected chi connectivity index (χ1v) is 11.2. The van der Waals surface area contributed by atoms with Gasteiger partial charge in [-0.05, 0) is 56.5 Å². The second kappa shape index (κ2) is 10.3. The first-order valence-electron chi connectivity index (χ1n) is 11.2. The van der Waals surface area contributed by atoms with Gasteiger partial charge in [0, 0.05) is 50.9 Å². The van der Waals surface area contributed by atoms with Gasteiger partial charge in [0.1, 0.15) is 5.82 Å². The van der Waals surface area contributed by atoms with Crippen molar-refractivity contribution in [3.05, 3.63) is 54.1 Å². The van der Waals surface area contributed by atoms with Crippen LogP contribution in [0.15, 0.2) is 42.7 Å². The molecule has 0 saturated carbocycles. The minimum absolute atomic E-state index is 0.0156. The zero-order valence-corrected chi connectivity index (χ0v) is 18.7. The highest BCUT2D eigenvalue weighted by Crippen LogP contribution is 2.26. The Balaban J connectivity index is 1.45. The van der Waals surface area contributed by atoms with E-state index in [4.69, 9.17) is 9.47 Å². The molecule has 2 aromatic rings. The summed E-state index contributed by atoms with van der Waals surface area (Å²) in [5.74, 6) is -0.359. The van der Waals surface area contributed by atoms with E-state index in [9.17, 15) is 9.18 Å². The fraction of sp³-hybridized carbons (Fsp3) is 0.500. The minimum atomic E-state index is -0.359. The molecular weight excluding hydrogens is 411 g/mol. The van der Waals surface area contributed by atoms with Crippen molar-refractivity contribution < 1.29 is 18.7 Å². The normalized spacial score (nSPS) is 23.2. The average Bonchev–Trinajstić information content (AvgIpc) is 3.26. The Morgan fingerprint density at radius 3 is 2.75 bits per heavy atom. The van der Waals surface area contributed by atoms with Crippen molar-refractivity contribution >= 4 is 17.4 Å². The maximum atomic E-state index is 14.9. The summed E-state index contributed by atoms with van der Waals surface area (Å²) >= 11 is 0. The predicted molar refractivity (Wildman–Crippen MR) is 121 cm³/mol. The summed E-state index contributed by atoms with van der Waals surface area (Å²) in [6, 6.07) is 8.34. The number of morpholine rings is 1. The number of anilines is 2. The van der Waals surface area contributed by atoms with Gasteiger partial charge in [-0.1, -0.05) is 6.07 Å². The first kappa shape index (κ1) is 22.5. The number of nitrogens with zero attached hydrogens (tertiary/aromatic N) is 3. The highest BCUT2D eigenvalue weighted by Gasteiger charge is 2.26. The zero-order chi connectivity index (χ0) is 22.5. The molecule has 1 N–H and O–H groups in total. The Hall–Kier alpha value is -2.71. The van der Waals surface area contributed by atoms with Crippen LogP contribution >= 0.6 is 0 Å². The molecule has 0 bridgehead atoms. The number of pyridine rings is 1. The van der Waals surface area contributed by atoms with Crippen molar-refractivity contribution in [2.75, 3.05) is 36.5 Å². The van der Waals surface area contributed by atoms with E-state index in [0.717, 1.165) is 25.0 Å². The zero-order valence-electron chi connectivity index (χ0n) is 18.7. The van der Waals surface area contributed by atoms with Crippen LogP contribution in [0.3, 0.4) is 0 Å². The van der Waals surface area contributed by atoms with Crippen molar-refractivity contribution in [3.8, 4) is 0 Å². The number of ether oxygens (including phenoxy) is 2. The van der Waals surface area contributed by atoms with E-state index in [1.807, 2.05) is 30.9 Å². The number of rotatable bonds is 6. The summed E-state index contributed by atoms with van der Waals surface area (Å²) in [5, 5.41) is 2.85. The SMILES string of the molecule is CC1CN(c2ccc(NC(=O)N(Cc3cccnc3)CC3CCCO3)cc2F)CC(C)O1. The van der Waals surface area contributed by atoms with Gasteiger partial charge in [0.15, 0.2) is 0 Å². The number of aromatic nitrogens is 1. The molecule has 2 fully saturated rings. The number of halogens is 1. The molecular formula is C24H31FN4O3. The van der Waals surface area contributed by atoms with Gasteiger partial charge in [0.05, 0.1) is 24.0 Å². The minimum Gasteiger partial charge on any atom is -0.376 e. The molecule has 32 heavy (non-hydrogen) atoms. The van der Waals surface area contributed by atoms with Gasteiger partial charge in [-0.3, -0.25) is 4.98 Å². The van der Waals surface area contributed by atoms with Crippen LogP contribution in [-0.4, -0.2) is 60.5 Å². The molecule has 3 heterocycles. The maximum Gasteiger partial charge on any atom is 0.322 e. The van der Waals surface area contributed by atoms with E-state index in [-0.39, 0.29) is 30.2 Å². The van der Waals surface area contributed by atoms with E-state index in [1.165, 1.54) is 6.07 Å². The van der Waals surface area contributed by atoms with Gasteiger partial charge >= 0.3 is 6.03 Å². The molecule has 0 spiro atoms. The molecule has 3 atom stereocenters. The van der Waals surface area contributed by atoms with Crippen molar-refractivity contribution in [3.63, 3.8) is 0 Å². The summed E-state index contributed by atoms with van der Waals surface area (Å²) in [7, 11) is 0. The highest BCUT2D eigenvalue weighted by molar-refractivity contribution is 5.89. The Morgan fingerprint density at radius 2 is 2.09 bits per heavy atom. The quantitative estimate of drug-likeness (QED) is 0.731. The molecule has 2 amide bonds. The summed E-state index contributed by atoms with van der Waals surface area (Å²) in [6.45, 7) is 6.84. The van der Waals surface area contributed by atoms with Gasteiger partial charge in [0.2, 0.25) is 0 Å². The number of hydrogen-bond acceptors (Lipinski definition) is 5. The van der Waals surface area contributed by atoms with Crippen molar-refractivity contribution in [1.29, 1.82) is 0 Å². The molecule has 2 aliphatic rings. The average molecular weight is 443 g/mol. The highest BCUT2D eigenvalue weighted by atomic mass is 19.1. The summed E-state index contributed by atoms with van der Waals surface area (Å²) in [6.07, 6.45) is 5.47. The van der Waals surface area contributed by atoms with Crippen LogP contribution < -0.4 is 10.2 Å². The lowest BCUT2D eigenvalue weighted by Crippen LogP contribution is -2.45. The first-order chi connectivity index (χ1) is 15.5. The molecule has 2 aliphatic heterocycles. The monoisotopic (exact) mass is 442 g/mol. The summed E-state index contributed by atoms with van der Waals surface area (Å²) in [5.41, 5.74) is 1.88. The van der Waals surface area contributed by atoms with Crippen LogP contribution in [0.5, 0.6) is 0 Å². The number of urea groups is 1. The fourth-order valence-electron chi connectivity index (χ4n) is 4.38. The summed E-state index contributed by atoms with van der Waals surface area (Å²) in [4.78, 5) is 20.9. The smallest absolute Gasteiger partial charge is 0.322 e. The van der Waals surface area contributed by atoms with Gasteiger partial charge in [0.25, 0.3) is 0 Å². The lowest BCUT2D eigenvalue weighted by molar-refractivity contribution is -0.00539. The van der Waals surface area contributed by atoms with Gasteiger partial charge in [-0.25, -0.2) is 9.18 Å². The maximum absolute atomic E-state index is 14.9. The van der Waals surface area contributed by atoms with Crippen molar-refractivity contribution in [2.45, 2.75) is 51.5 Å². The van der Waals surface area contributed by atoms with E-state index in [1.54, 1.807) is 29.4 Å². The predicted octanol–water partition coefficient (Wildman–Crippen LogP) is 4.05. The Morgan fingerprint density at radius 1 is 1.28 bits per heavy atom. The number of nitrogens with one attached hydrogen (secondary N) is 1. The lowest BCUT2D eigenvalue weighted by atomic mass is 10.2. The third-order valence-electron chi connectivity index (χ3n) is 5.79. The number of benzene rings is 1. The summed E-state index contributed by atoms with van der Waals surface area (Å²) < 4.78 is 26.4. The molecule has 4 rings (SSSR count). The third-order valence-corrected chi connectivity index (χ3v) is 5.79. The standard InChI is InChI=1S/C24H31FN4O3/c1-17-13-28(14-18(2)32-17)23-8-7-20(11-22(23)25)27-24(30)29(16-21-6-4-10-31-21)15-19-5-3-9-26-12-19/h3,5,7-9,11-12,17-18,21H,4,6,10,13-16H2,1-2H3,(H,27,30). The lowest BCUT2D eigenvalue weighted by Gasteiger charge is -2.37. The number of carbonyl (C=O) groups is 1. The molecule has 3 unspecified atom stereocenters. The van der Waals surface area contributed by atoms with Crippen molar-refractivity contribution in [2.24, 2.45) is 0 Å². The molecule has 2 saturated heterocycles. The van der Waals surface area contributed by atoms with E-state index in [0.29, 0.717) is 37.6 Å². The van der Waals surface area contributed by atoms with Crippen LogP contribution in [0.25, 0.3) is 0 Å². The molecule has 0 radical (unpaired) electrons. The van der Waals surface area contributed by atoms with E-state index < -0.39 is 0 Å². The van der Waals surface area contributed by atoms with E-state index >= 15 is 0 Å². The number of amides is 2. The number of carbonyl (C=O) groups excluding carboxylic acids is 1. The molecule has 8 heteroatoms. The van der Waals surface area contributed by atoms with Crippen LogP contribution in [0.4, 0.5) is 20.6 Å². The molecule has 1 aromatic heterocycles. The van der Waals surface area contributed by atoms with E-state index in [2.05, 4.69) is 10.3 Å². The topological polar surface area (TPSA) is 66.9 Å². The number of hydrogen-bond donors (Lipinski definition) is 1. The van der Waals surface area contributed by atoms with Crippen LogP contribution in [0.2, 0.25) is 0 Å². The fourth-order valence-corrected chi connectivity index (χ4v) is 4.38. The van der Waals surface area contributed by atoms with Crippen LogP contribution in [0.1, 0.15) is 32.3 Å². The molecule has 172 valence electrons. The molecule has 7 nitrogen and oxygen atoms in total. The Kier molecular flexibility index (Phi) is 7.22. The van der Waals surface area contributed by atoms with Gasteiger partial charge in [-0.2, -0.15) is 0 Å². The Bertz CT molecular complexity index is 897. The second-order valence-corrected chi connectivity index (χ2v) is 8.64. The second-order valence-electron chi connectivity index (χ2n) is 8.64. The Labute approximate surface area is 188 Å².